The number of rotatable bonds is 7. The molecule has 0 bridgehead atoms. The summed E-state index contributed by atoms with van der Waals surface area (Å²) < 4.78 is 5.04. The summed E-state index contributed by atoms with van der Waals surface area (Å²) in [5.74, 6) is 0.752. The van der Waals surface area contributed by atoms with Gasteiger partial charge in [0.05, 0.1) is 44.8 Å². The van der Waals surface area contributed by atoms with Gasteiger partial charge in [-0.2, -0.15) is 14.5 Å². The predicted molar refractivity (Wildman–Crippen MR) is 140 cm³/mol. The normalized spacial score (nSPS) is 12.5. The molecule has 0 aliphatic heterocycles. The zero-order valence-electron chi connectivity index (χ0n) is 21.1. The van der Waals surface area contributed by atoms with Crippen LogP contribution >= 0.6 is 0 Å². The standard InChI is InChI=1S/C27H34N6O/c1-30(2)21-14-12-20(13-15-21)18-23-22-10-7-8-11-24(22)32-25(23)19-26(31(32)3)29-27(34)28-16-9-17-33(4,5)6/h7-8,10-15,18-19H,9,16-17H2,1-6H3/p+2. The predicted octanol–water partition coefficient (Wildman–Crippen LogP) is 2.75. The highest BCUT2D eigenvalue weighted by Gasteiger charge is 2.21. The molecule has 2 aromatic heterocycles. The maximum atomic E-state index is 12.6. The Kier molecular flexibility index (Phi) is 6.48. The fourth-order valence-electron chi connectivity index (χ4n) is 4.28. The number of amides is 2. The average Bonchev–Trinajstić information content (AvgIpc) is 3.26. The summed E-state index contributed by atoms with van der Waals surface area (Å²) in [6.45, 7) is 1.66. The largest absolute Gasteiger partial charge is 0.406 e. The Morgan fingerprint density at radius 2 is 1.76 bits per heavy atom. The molecule has 2 N–H and O–H groups in total. The highest BCUT2D eigenvalue weighted by molar-refractivity contribution is 5.92. The third-order valence-corrected chi connectivity index (χ3v) is 6.10. The van der Waals surface area contributed by atoms with Crippen molar-refractivity contribution in [1.82, 2.24) is 9.83 Å². The quantitative estimate of drug-likeness (QED) is 0.253. The first-order valence-corrected chi connectivity index (χ1v) is 11.7. The van der Waals surface area contributed by atoms with Gasteiger partial charge >= 0.3 is 11.8 Å². The fraction of sp³-hybridized carbons (Fsp3) is 0.333. The number of fused-ring (bicyclic) bond motifs is 3. The van der Waals surface area contributed by atoms with Gasteiger partial charge in [0.1, 0.15) is 7.05 Å². The highest BCUT2D eigenvalue weighted by atomic mass is 16.2. The van der Waals surface area contributed by atoms with Crippen LogP contribution in [0.2, 0.25) is 0 Å². The molecule has 0 atom stereocenters. The number of anilines is 2. The first kappa shape index (κ1) is 23.6. The topological polar surface area (TPSA) is 52.7 Å². The SMILES string of the molecule is CN(C)c1ccc(C=c2c3ccccc3n3c2cc(NC(=O)NCCC[N+](C)(C)C)[n+]3C)cc1. The maximum absolute atomic E-state index is 12.6. The minimum atomic E-state index is -0.181. The monoisotopic (exact) mass is 460 g/mol. The number of hydrogen-bond donors (Lipinski definition) is 2. The number of carbonyl (C=O) groups excluding carboxylic acids is 1. The molecule has 4 rings (SSSR count). The molecule has 0 spiro atoms. The number of aromatic nitrogens is 2. The number of nitrogens with one attached hydrogen (secondary N) is 2. The van der Waals surface area contributed by atoms with Crippen molar-refractivity contribution in [2.75, 3.05) is 58.5 Å². The lowest BCUT2D eigenvalue weighted by atomic mass is 10.1. The van der Waals surface area contributed by atoms with E-state index in [0.29, 0.717) is 6.54 Å². The molecule has 0 aliphatic rings. The van der Waals surface area contributed by atoms with E-state index in [9.17, 15) is 4.79 Å². The molecule has 34 heavy (non-hydrogen) atoms. The molecular weight excluding hydrogens is 424 g/mol. The second kappa shape index (κ2) is 9.35. The second-order valence-electron chi connectivity index (χ2n) is 10.1. The van der Waals surface area contributed by atoms with Crippen molar-refractivity contribution in [3.05, 3.63) is 65.4 Å². The van der Waals surface area contributed by atoms with E-state index >= 15 is 0 Å². The summed E-state index contributed by atoms with van der Waals surface area (Å²) in [6.07, 6.45) is 3.15. The Bertz CT molecular complexity index is 1360. The summed E-state index contributed by atoms with van der Waals surface area (Å²) in [5, 5.41) is 8.33. The van der Waals surface area contributed by atoms with Crippen molar-refractivity contribution in [2.24, 2.45) is 7.05 Å². The molecule has 2 amide bonds. The minimum absolute atomic E-state index is 0.181. The molecule has 2 heterocycles. The van der Waals surface area contributed by atoms with Crippen molar-refractivity contribution in [2.45, 2.75) is 6.42 Å². The fourth-order valence-corrected chi connectivity index (χ4v) is 4.28. The van der Waals surface area contributed by atoms with Gasteiger partial charge in [-0.1, -0.05) is 30.3 Å². The van der Waals surface area contributed by atoms with Gasteiger partial charge in [0.25, 0.3) is 0 Å². The van der Waals surface area contributed by atoms with E-state index in [1.807, 2.05) is 38.0 Å². The molecule has 4 aromatic rings. The van der Waals surface area contributed by atoms with Crippen LogP contribution in [-0.4, -0.2) is 63.4 Å². The van der Waals surface area contributed by atoms with Crippen molar-refractivity contribution < 1.29 is 14.0 Å². The van der Waals surface area contributed by atoms with E-state index in [1.54, 1.807) is 0 Å². The maximum Gasteiger partial charge on any atom is 0.406 e. The lowest BCUT2D eigenvalue weighted by Gasteiger charge is -2.23. The van der Waals surface area contributed by atoms with Crippen LogP contribution in [-0.2, 0) is 7.05 Å². The zero-order valence-corrected chi connectivity index (χ0v) is 21.1. The summed E-state index contributed by atoms with van der Waals surface area (Å²) in [7, 11) is 12.5. The van der Waals surface area contributed by atoms with Gasteiger partial charge in [0.15, 0.2) is 0 Å². The summed E-state index contributed by atoms with van der Waals surface area (Å²) >= 11 is 0. The molecule has 2 aromatic carbocycles. The molecule has 178 valence electrons. The Balaban J connectivity index is 1.66. The number of hydrogen-bond acceptors (Lipinski definition) is 2. The molecule has 7 nitrogen and oxygen atoms in total. The summed E-state index contributed by atoms with van der Waals surface area (Å²) in [6, 6.07) is 18.8. The lowest BCUT2D eigenvalue weighted by molar-refractivity contribution is -0.870. The molecule has 0 unspecified atom stereocenters. The van der Waals surface area contributed by atoms with Crippen molar-refractivity contribution in [3.63, 3.8) is 0 Å². The van der Waals surface area contributed by atoms with Crippen LogP contribution in [0.3, 0.4) is 0 Å². The van der Waals surface area contributed by atoms with Crippen LogP contribution in [0.25, 0.3) is 22.5 Å². The Labute approximate surface area is 201 Å². The Morgan fingerprint density at radius 1 is 1.06 bits per heavy atom. The number of para-hydroxylation sites is 1. The lowest BCUT2D eigenvalue weighted by Crippen LogP contribution is -2.41. The van der Waals surface area contributed by atoms with Gasteiger partial charge in [-0.05, 0) is 29.8 Å². The first-order chi connectivity index (χ1) is 16.1. The molecule has 0 fully saturated rings. The van der Waals surface area contributed by atoms with E-state index in [4.69, 9.17) is 0 Å². The van der Waals surface area contributed by atoms with Crippen molar-refractivity contribution in [3.8, 4) is 0 Å². The Morgan fingerprint density at radius 3 is 2.44 bits per heavy atom. The minimum Gasteiger partial charge on any atom is -0.378 e. The Hall–Kier alpha value is -3.58. The molecule has 0 radical (unpaired) electrons. The zero-order chi connectivity index (χ0) is 24.5. The van der Waals surface area contributed by atoms with Crippen LogP contribution in [0.4, 0.5) is 16.3 Å². The van der Waals surface area contributed by atoms with E-state index in [0.717, 1.165) is 45.1 Å². The van der Waals surface area contributed by atoms with Crippen LogP contribution in [0.5, 0.6) is 0 Å². The van der Waals surface area contributed by atoms with Gasteiger partial charge in [0.2, 0.25) is 0 Å². The van der Waals surface area contributed by atoms with E-state index in [-0.39, 0.29) is 6.03 Å². The number of quaternary nitrogens is 1. The number of benzene rings is 2. The summed E-state index contributed by atoms with van der Waals surface area (Å²) in [5.41, 5.74) is 4.47. The molecule has 0 aliphatic carbocycles. The molecule has 0 saturated carbocycles. The number of aryl methyl sites for hydroxylation is 1. The van der Waals surface area contributed by atoms with E-state index in [2.05, 4.69) is 89.7 Å². The number of nitrogens with zero attached hydrogens (tertiary/aromatic N) is 4. The van der Waals surface area contributed by atoms with Gasteiger partial charge in [-0.3, -0.25) is 0 Å². The molecule has 7 heteroatoms. The van der Waals surface area contributed by atoms with Crippen LogP contribution in [0.1, 0.15) is 12.0 Å². The van der Waals surface area contributed by atoms with Crippen LogP contribution in [0.15, 0.2) is 54.6 Å². The third-order valence-electron chi connectivity index (χ3n) is 6.10. The van der Waals surface area contributed by atoms with Gasteiger partial charge in [-0.15, -0.1) is 0 Å². The summed E-state index contributed by atoms with van der Waals surface area (Å²) in [4.78, 5) is 14.6. The average molecular weight is 461 g/mol. The van der Waals surface area contributed by atoms with Crippen LogP contribution < -0.4 is 25.4 Å². The molecular formula is C27H36N6O+2. The molecule has 0 saturated heterocycles. The van der Waals surface area contributed by atoms with Gasteiger partial charge < -0.3 is 14.7 Å². The van der Waals surface area contributed by atoms with E-state index in [1.165, 1.54) is 11.1 Å². The van der Waals surface area contributed by atoms with Crippen molar-refractivity contribution in [1.29, 1.82) is 0 Å². The van der Waals surface area contributed by atoms with Crippen molar-refractivity contribution >= 4 is 40.0 Å². The number of urea groups is 1. The second-order valence-corrected chi connectivity index (χ2v) is 10.1. The highest BCUT2D eigenvalue weighted by Crippen LogP contribution is 2.18. The smallest absolute Gasteiger partial charge is 0.378 e. The van der Waals surface area contributed by atoms with Gasteiger partial charge in [0, 0.05) is 43.4 Å². The first-order valence-electron chi connectivity index (χ1n) is 11.7. The van der Waals surface area contributed by atoms with Gasteiger partial charge in [-0.25, -0.2) is 4.79 Å². The number of carbonyl (C=O) groups is 1. The third kappa shape index (κ3) is 4.99. The van der Waals surface area contributed by atoms with E-state index < -0.39 is 0 Å². The van der Waals surface area contributed by atoms with Crippen LogP contribution in [0, 0.1) is 0 Å².